The van der Waals surface area contributed by atoms with Gasteiger partial charge in [-0.25, -0.2) is 9.59 Å². The Balaban J connectivity index is 1.51. The van der Waals surface area contributed by atoms with Crippen molar-refractivity contribution in [3.63, 3.8) is 0 Å². The zero-order chi connectivity index (χ0) is 20.8. The highest BCUT2D eigenvalue weighted by molar-refractivity contribution is 6.35. The van der Waals surface area contributed by atoms with Crippen molar-refractivity contribution in [2.45, 2.75) is 32.0 Å². The van der Waals surface area contributed by atoms with E-state index in [2.05, 4.69) is 0 Å². The van der Waals surface area contributed by atoms with Gasteiger partial charge in [0, 0.05) is 11.6 Å². The third-order valence-electron chi connectivity index (χ3n) is 4.26. The van der Waals surface area contributed by atoms with Crippen molar-refractivity contribution in [1.29, 1.82) is 0 Å². The van der Waals surface area contributed by atoms with Crippen LogP contribution in [0.2, 0.25) is 10.0 Å². The van der Waals surface area contributed by atoms with Crippen LogP contribution in [0.15, 0.2) is 42.5 Å². The van der Waals surface area contributed by atoms with Crippen LogP contribution in [0.4, 0.5) is 0 Å². The van der Waals surface area contributed by atoms with E-state index in [9.17, 15) is 9.59 Å². The Kier molecular flexibility index (Phi) is 7.36. The Morgan fingerprint density at radius 3 is 2.59 bits per heavy atom. The zero-order valence-corrected chi connectivity index (χ0v) is 17.2. The summed E-state index contributed by atoms with van der Waals surface area (Å²) in [6.45, 7) is 2.48. The molecule has 2 aromatic carbocycles. The summed E-state index contributed by atoms with van der Waals surface area (Å²) in [4.78, 5) is 24.3. The van der Waals surface area contributed by atoms with Gasteiger partial charge in [0.1, 0.15) is 18.1 Å². The van der Waals surface area contributed by atoms with Crippen molar-refractivity contribution in [3.05, 3.63) is 58.1 Å². The Morgan fingerprint density at radius 2 is 1.93 bits per heavy atom. The van der Waals surface area contributed by atoms with Crippen LogP contribution in [0.1, 0.15) is 30.1 Å². The number of rotatable bonds is 7. The Morgan fingerprint density at radius 1 is 1.17 bits per heavy atom. The van der Waals surface area contributed by atoms with E-state index in [1.165, 1.54) is 30.3 Å². The summed E-state index contributed by atoms with van der Waals surface area (Å²) in [7, 11) is 0. The Hall–Kier alpha value is -2.28. The van der Waals surface area contributed by atoms with Gasteiger partial charge in [0.25, 0.3) is 0 Å². The molecule has 0 bridgehead atoms. The molecular weight excluding hydrogens is 419 g/mol. The first kappa shape index (κ1) is 21.4. The van der Waals surface area contributed by atoms with Gasteiger partial charge in [0.15, 0.2) is 6.10 Å². The molecule has 2 aromatic rings. The molecule has 29 heavy (non-hydrogen) atoms. The number of hydrogen-bond donors (Lipinski definition) is 0. The first-order valence-electron chi connectivity index (χ1n) is 9.14. The largest absolute Gasteiger partial charge is 0.477 e. The van der Waals surface area contributed by atoms with Gasteiger partial charge in [0.2, 0.25) is 0 Å². The van der Waals surface area contributed by atoms with Crippen LogP contribution in [0.25, 0.3) is 0 Å². The molecule has 2 atom stereocenters. The molecule has 0 amide bonds. The van der Waals surface area contributed by atoms with Crippen LogP contribution in [0.3, 0.4) is 0 Å². The van der Waals surface area contributed by atoms with Crippen LogP contribution < -0.4 is 9.47 Å². The highest BCUT2D eigenvalue weighted by atomic mass is 35.5. The van der Waals surface area contributed by atoms with Gasteiger partial charge in [0.05, 0.1) is 16.7 Å². The molecule has 6 nitrogen and oxygen atoms in total. The van der Waals surface area contributed by atoms with E-state index in [4.69, 9.17) is 42.1 Å². The molecule has 0 aliphatic carbocycles. The molecule has 2 unspecified atom stereocenters. The quantitative estimate of drug-likeness (QED) is 0.460. The lowest BCUT2D eigenvalue weighted by Crippen LogP contribution is -2.28. The molecule has 0 radical (unpaired) electrons. The fraction of sp³-hybridized carbons (Fsp3) is 0.333. The van der Waals surface area contributed by atoms with E-state index in [1.807, 2.05) is 0 Å². The zero-order valence-electron chi connectivity index (χ0n) is 15.7. The lowest BCUT2D eigenvalue weighted by atomic mass is 10.2. The first-order chi connectivity index (χ1) is 13.9. The summed E-state index contributed by atoms with van der Waals surface area (Å²) in [5.74, 6) is -0.453. The van der Waals surface area contributed by atoms with E-state index in [0.717, 1.165) is 12.8 Å². The first-order valence-corrected chi connectivity index (χ1v) is 9.90. The van der Waals surface area contributed by atoms with Crippen LogP contribution in [-0.4, -0.2) is 37.4 Å². The molecule has 1 fully saturated rings. The minimum atomic E-state index is -0.898. The second kappa shape index (κ2) is 9.96. The third kappa shape index (κ3) is 6.10. The second-order valence-electron chi connectivity index (χ2n) is 6.51. The molecule has 1 saturated heterocycles. The Bertz CT molecular complexity index is 862. The maximum atomic E-state index is 12.2. The van der Waals surface area contributed by atoms with Crippen molar-refractivity contribution in [1.82, 2.24) is 0 Å². The number of esters is 2. The Labute approximate surface area is 178 Å². The average molecular weight is 439 g/mol. The molecule has 0 N–H and O–H groups in total. The third-order valence-corrected chi connectivity index (χ3v) is 4.79. The van der Waals surface area contributed by atoms with Crippen molar-refractivity contribution in [3.8, 4) is 11.5 Å². The number of carbonyl (C=O) groups excluding carboxylic acids is 2. The SMILES string of the molecule is CC(Oc1ccc(Cl)cc1Cl)C(=O)Oc1ccc(C(=O)OCC2CCCO2)cc1. The monoisotopic (exact) mass is 438 g/mol. The van der Waals surface area contributed by atoms with Crippen molar-refractivity contribution < 1.29 is 28.5 Å². The van der Waals surface area contributed by atoms with Gasteiger partial charge in [-0.1, -0.05) is 23.2 Å². The summed E-state index contributed by atoms with van der Waals surface area (Å²) in [5, 5.41) is 0.759. The lowest BCUT2D eigenvalue weighted by Gasteiger charge is -2.15. The van der Waals surface area contributed by atoms with Crippen LogP contribution in [0.5, 0.6) is 11.5 Å². The van der Waals surface area contributed by atoms with Crippen molar-refractivity contribution in [2.75, 3.05) is 13.2 Å². The highest BCUT2D eigenvalue weighted by Crippen LogP contribution is 2.28. The molecule has 0 aromatic heterocycles. The molecule has 1 aliphatic rings. The molecule has 0 spiro atoms. The van der Waals surface area contributed by atoms with Gasteiger partial charge >= 0.3 is 11.9 Å². The lowest BCUT2D eigenvalue weighted by molar-refractivity contribution is -0.141. The number of ether oxygens (including phenoxy) is 4. The van der Waals surface area contributed by atoms with Gasteiger partial charge < -0.3 is 18.9 Å². The van der Waals surface area contributed by atoms with E-state index >= 15 is 0 Å². The normalized spacial score (nSPS) is 16.9. The van der Waals surface area contributed by atoms with Crippen LogP contribution >= 0.6 is 23.2 Å². The van der Waals surface area contributed by atoms with Crippen LogP contribution in [-0.2, 0) is 14.3 Å². The molecule has 0 saturated carbocycles. The van der Waals surface area contributed by atoms with E-state index in [0.29, 0.717) is 28.0 Å². The highest BCUT2D eigenvalue weighted by Gasteiger charge is 2.20. The smallest absolute Gasteiger partial charge is 0.352 e. The van der Waals surface area contributed by atoms with Gasteiger partial charge in [-0.15, -0.1) is 0 Å². The predicted molar refractivity (Wildman–Crippen MR) is 108 cm³/mol. The molecule has 3 rings (SSSR count). The van der Waals surface area contributed by atoms with E-state index in [1.54, 1.807) is 19.1 Å². The fourth-order valence-corrected chi connectivity index (χ4v) is 3.15. The summed E-state index contributed by atoms with van der Waals surface area (Å²) in [6.07, 6.45) is 0.942. The number of hydrogen-bond acceptors (Lipinski definition) is 6. The van der Waals surface area contributed by atoms with E-state index < -0.39 is 18.0 Å². The molecular formula is C21H20Cl2O6. The van der Waals surface area contributed by atoms with Crippen LogP contribution in [0, 0.1) is 0 Å². The summed E-state index contributed by atoms with van der Waals surface area (Å²) >= 11 is 11.9. The summed E-state index contributed by atoms with van der Waals surface area (Å²) in [6, 6.07) is 10.8. The van der Waals surface area contributed by atoms with Gasteiger partial charge in [-0.05, 0) is 62.2 Å². The summed E-state index contributed by atoms with van der Waals surface area (Å²) < 4.78 is 21.5. The van der Waals surface area contributed by atoms with Gasteiger partial charge in [-0.3, -0.25) is 0 Å². The average Bonchev–Trinajstić information content (AvgIpc) is 3.22. The molecule has 8 heteroatoms. The van der Waals surface area contributed by atoms with Gasteiger partial charge in [-0.2, -0.15) is 0 Å². The second-order valence-corrected chi connectivity index (χ2v) is 7.36. The minimum absolute atomic E-state index is 0.0326. The maximum absolute atomic E-state index is 12.2. The fourth-order valence-electron chi connectivity index (χ4n) is 2.70. The standard InChI is InChI=1S/C21H20Cl2O6/c1-13(28-19-9-6-15(22)11-18(19)23)20(24)29-16-7-4-14(5-8-16)21(25)27-12-17-3-2-10-26-17/h4-9,11,13,17H,2-3,10,12H2,1H3. The molecule has 154 valence electrons. The topological polar surface area (TPSA) is 71.1 Å². The number of carbonyl (C=O) groups is 2. The summed E-state index contributed by atoms with van der Waals surface area (Å²) in [5.41, 5.74) is 0.361. The predicted octanol–water partition coefficient (Wildman–Crippen LogP) is 4.70. The van der Waals surface area contributed by atoms with Crippen molar-refractivity contribution >= 4 is 35.1 Å². The van der Waals surface area contributed by atoms with E-state index in [-0.39, 0.29) is 18.5 Å². The van der Waals surface area contributed by atoms with Crippen molar-refractivity contribution in [2.24, 2.45) is 0 Å². The maximum Gasteiger partial charge on any atom is 0.352 e. The molecule has 1 aliphatic heterocycles. The number of benzene rings is 2. The molecule has 1 heterocycles. The number of halogens is 2. The minimum Gasteiger partial charge on any atom is -0.477 e.